The minimum absolute atomic E-state index is 0.0217. The molecule has 0 unspecified atom stereocenters. The van der Waals surface area contributed by atoms with E-state index in [4.69, 9.17) is 9.47 Å². The summed E-state index contributed by atoms with van der Waals surface area (Å²) >= 11 is 1.15. The summed E-state index contributed by atoms with van der Waals surface area (Å²) in [5.41, 5.74) is 1.70. The maximum atomic E-state index is 12.4. The number of rotatable bonds is 7. The molecule has 1 N–H and O–H groups in total. The number of amides is 1. The monoisotopic (exact) mass is 421 g/mol. The second kappa shape index (κ2) is 9.76. The molecule has 1 aromatic heterocycles. The number of aromatic nitrogens is 1. The largest absolute Gasteiger partial charge is 0.494 e. The maximum Gasteiger partial charge on any atom is 0.339 e. The summed E-state index contributed by atoms with van der Waals surface area (Å²) in [6.07, 6.45) is 0. The van der Waals surface area contributed by atoms with Crippen molar-refractivity contribution in [2.75, 3.05) is 24.8 Å². The number of methoxy groups -OCH3 is 1. The number of anilines is 1. The van der Waals surface area contributed by atoms with Crippen molar-refractivity contribution < 1.29 is 19.1 Å². The molecule has 30 heavy (non-hydrogen) atoms. The molecule has 152 valence electrons. The Morgan fingerprint density at radius 2 is 2.00 bits per heavy atom. The molecule has 7 nitrogen and oxygen atoms in total. The van der Waals surface area contributed by atoms with Crippen LogP contribution in [0.5, 0.6) is 5.75 Å². The van der Waals surface area contributed by atoms with Gasteiger partial charge in [0.15, 0.2) is 0 Å². The highest BCUT2D eigenvalue weighted by molar-refractivity contribution is 8.00. The third-order valence-electron chi connectivity index (χ3n) is 4.13. The first kappa shape index (κ1) is 21.1. The summed E-state index contributed by atoms with van der Waals surface area (Å²) in [6, 6.07) is 15.9. The summed E-state index contributed by atoms with van der Waals surface area (Å²) in [7, 11) is 1.28. The molecular formula is C22H19N3O4S. The number of nitriles is 1. The Labute approximate surface area is 178 Å². The van der Waals surface area contributed by atoms with E-state index in [0.717, 1.165) is 17.1 Å². The highest BCUT2D eigenvalue weighted by atomic mass is 32.2. The van der Waals surface area contributed by atoms with Gasteiger partial charge in [0.05, 0.1) is 41.8 Å². The molecule has 0 aliphatic carbocycles. The molecule has 0 fully saturated rings. The number of para-hydroxylation sites is 1. The number of benzene rings is 2. The minimum atomic E-state index is -0.536. The average molecular weight is 421 g/mol. The number of fused-ring (bicyclic) bond motifs is 1. The Hall–Kier alpha value is -3.57. The number of hydrogen-bond donors (Lipinski definition) is 1. The number of esters is 1. The molecule has 0 saturated carbocycles. The number of hydrogen-bond acceptors (Lipinski definition) is 7. The molecule has 0 aliphatic rings. The molecule has 0 bridgehead atoms. The van der Waals surface area contributed by atoms with Crippen molar-refractivity contribution >= 4 is 40.2 Å². The van der Waals surface area contributed by atoms with Gasteiger partial charge in [0.1, 0.15) is 16.8 Å². The van der Waals surface area contributed by atoms with Gasteiger partial charge in [0, 0.05) is 11.5 Å². The van der Waals surface area contributed by atoms with Gasteiger partial charge in [-0.1, -0.05) is 23.9 Å². The van der Waals surface area contributed by atoms with E-state index in [-0.39, 0.29) is 17.2 Å². The van der Waals surface area contributed by atoms with Crippen molar-refractivity contribution in [2.45, 2.75) is 11.9 Å². The summed E-state index contributed by atoms with van der Waals surface area (Å²) in [4.78, 5) is 28.8. The lowest BCUT2D eigenvalue weighted by atomic mass is 10.1. The van der Waals surface area contributed by atoms with Crippen LogP contribution in [-0.4, -0.2) is 36.3 Å². The lowest BCUT2D eigenvalue weighted by Crippen LogP contribution is -2.17. The summed E-state index contributed by atoms with van der Waals surface area (Å²) < 4.78 is 10.2. The molecular weight excluding hydrogens is 402 g/mol. The smallest absolute Gasteiger partial charge is 0.339 e. The van der Waals surface area contributed by atoms with Gasteiger partial charge in [-0.3, -0.25) is 4.79 Å². The SMILES string of the molecule is CCOc1ccc2cc(C#N)c(SCC(=O)Nc3ccccc3C(=O)OC)nc2c1. The highest BCUT2D eigenvalue weighted by Crippen LogP contribution is 2.27. The molecule has 8 heteroatoms. The van der Waals surface area contributed by atoms with Gasteiger partial charge in [-0.05, 0) is 37.3 Å². The first-order valence-electron chi connectivity index (χ1n) is 9.13. The van der Waals surface area contributed by atoms with Gasteiger partial charge in [0.25, 0.3) is 0 Å². The summed E-state index contributed by atoms with van der Waals surface area (Å²) in [6.45, 7) is 2.44. The quantitative estimate of drug-likeness (QED) is 0.454. The van der Waals surface area contributed by atoms with Crippen LogP contribution in [0.3, 0.4) is 0 Å². The number of thioether (sulfide) groups is 1. The molecule has 0 atom stereocenters. The zero-order chi connectivity index (χ0) is 21.5. The number of nitrogens with one attached hydrogen (secondary N) is 1. The van der Waals surface area contributed by atoms with E-state index in [1.807, 2.05) is 19.1 Å². The third-order valence-corrected chi connectivity index (χ3v) is 5.12. The molecule has 2 aromatic carbocycles. The lowest BCUT2D eigenvalue weighted by Gasteiger charge is -2.10. The van der Waals surface area contributed by atoms with Crippen LogP contribution in [0.1, 0.15) is 22.8 Å². The van der Waals surface area contributed by atoms with Crippen LogP contribution in [0, 0.1) is 11.3 Å². The van der Waals surface area contributed by atoms with Crippen LogP contribution < -0.4 is 10.1 Å². The van der Waals surface area contributed by atoms with E-state index >= 15 is 0 Å². The van der Waals surface area contributed by atoms with Gasteiger partial charge < -0.3 is 14.8 Å². The predicted molar refractivity (Wildman–Crippen MR) is 115 cm³/mol. The van der Waals surface area contributed by atoms with Crippen molar-refractivity contribution in [3.63, 3.8) is 0 Å². The first-order chi connectivity index (χ1) is 14.5. The van der Waals surface area contributed by atoms with Crippen LogP contribution in [-0.2, 0) is 9.53 Å². The topological polar surface area (TPSA) is 101 Å². The standard InChI is InChI=1S/C22H19N3O4S/c1-3-29-16-9-8-14-10-15(12-23)21(25-19(14)11-16)30-13-20(26)24-18-7-5-4-6-17(18)22(27)28-2/h4-11H,3,13H2,1-2H3,(H,24,26). The highest BCUT2D eigenvalue weighted by Gasteiger charge is 2.15. The van der Waals surface area contributed by atoms with Crippen LogP contribution >= 0.6 is 11.8 Å². The first-order valence-corrected chi connectivity index (χ1v) is 10.1. The van der Waals surface area contributed by atoms with Gasteiger partial charge in [0.2, 0.25) is 5.91 Å². The normalized spacial score (nSPS) is 10.3. The Morgan fingerprint density at radius 1 is 1.20 bits per heavy atom. The molecule has 0 saturated heterocycles. The number of carbonyl (C=O) groups is 2. The lowest BCUT2D eigenvalue weighted by molar-refractivity contribution is -0.113. The van der Waals surface area contributed by atoms with E-state index in [1.54, 1.807) is 36.4 Å². The Balaban J connectivity index is 1.77. The van der Waals surface area contributed by atoms with Crippen LogP contribution in [0.15, 0.2) is 53.6 Å². The van der Waals surface area contributed by atoms with E-state index in [9.17, 15) is 14.9 Å². The number of carbonyl (C=O) groups excluding carboxylic acids is 2. The molecule has 1 heterocycles. The van der Waals surface area contributed by atoms with Crippen LogP contribution in [0.25, 0.3) is 10.9 Å². The Bertz CT molecular complexity index is 1140. The van der Waals surface area contributed by atoms with Gasteiger partial charge in [-0.2, -0.15) is 5.26 Å². The van der Waals surface area contributed by atoms with Gasteiger partial charge in [-0.15, -0.1) is 0 Å². The van der Waals surface area contributed by atoms with Gasteiger partial charge in [-0.25, -0.2) is 9.78 Å². The van der Waals surface area contributed by atoms with Gasteiger partial charge >= 0.3 is 5.97 Å². The fourth-order valence-electron chi connectivity index (χ4n) is 2.78. The third kappa shape index (κ3) is 4.88. The van der Waals surface area contributed by atoms with E-state index < -0.39 is 5.97 Å². The van der Waals surface area contributed by atoms with E-state index in [2.05, 4.69) is 16.4 Å². The maximum absolute atomic E-state index is 12.4. The van der Waals surface area contributed by atoms with Crippen LogP contribution in [0.4, 0.5) is 5.69 Å². The fourth-order valence-corrected chi connectivity index (χ4v) is 3.54. The molecule has 1 amide bonds. The summed E-state index contributed by atoms with van der Waals surface area (Å²) in [5.74, 6) is -0.152. The number of pyridine rings is 1. The van der Waals surface area contributed by atoms with E-state index in [1.165, 1.54) is 7.11 Å². The average Bonchev–Trinajstić information content (AvgIpc) is 2.77. The Morgan fingerprint density at radius 3 is 2.73 bits per heavy atom. The van der Waals surface area contributed by atoms with Crippen molar-refractivity contribution in [1.29, 1.82) is 5.26 Å². The predicted octanol–water partition coefficient (Wildman–Crippen LogP) is 4.02. The molecule has 0 spiro atoms. The minimum Gasteiger partial charge on any atom is -0.494 e. The number of nitrogens with zero attached hydrogens (tertiary/aromatic N) is 2. The summed E-state index contributed by atoms with van der Waals surface area (Å²) in [5, 5.41) is 13.4. The number of ether oxygens (including phenoxy) is 2. The van der Waals surface area contributed by atoms with Crippen molar-refractivity contribution in [1.82, 2.24) is 4.98 Å². The van der Waals surface area contributed by atoms with Crippen molar-refractivity contribution in [3.8, 4) is 11.8 Å². The Kier molecular flexibility index (Phi) is 6.88. The molecule has 3 aromatic rings. The van der Waals surface area contributed by atoms with Crippen LogP contribution in [0.2, 0.25) is 0 Å². The molecule has 3 rings (SSSR count). The van der Waals surface area contributed by atoms with E-state index in [0.29, 0.717) is 34.1 Å². The molecule has 0 radical (unpaired) electrons. The fraction of sp³-hybridized carbons (Fsp3) is 0.182. The molecule has 0 aliphatic heterocycles. The second-order valence-corrected chi connectivity index (χ2v) is 7.08. The zero-order valence-corrected chi connectivity index (χ0v) is 17.3. The van der Waals surface area contributed by atoms with Crippen molar-refractivity contribution in [2.24, 2.45) is 0 Å². The zero-order valence-electron chi connectivity index (χ0n) is 16.5. The second-order valence-electron chi connectivity index (χ2n) is 6.11. The van der Waals surface area contributed by atoms with Crippen molar-refractivity contribution in [3.05, 3.63) is 59.7 Å².